The summed E-state index contributed by atoms with van der Waals surface area (Å²) in [5.41, 5.74) is 3.76. The van der Waals surface area contributed by atoms with Crippen molar-refractivity contribution >= 4 is 47.4 Å². The molecule has 0 radical (unpaired) electrons. The summed E-state index contributed by atoms with van der Waals surface area (Å²) in [6, 6.07) is 23.4. The van der Waals surface area contributed by atoms with Crippen LogP contribution in [-0.2, 0) is 6.54 Å². The molecular formula is C31H34Cl3N3O2. The van der Waals surface area contributed by atoms with Crippen LogP contribution in [0.25, 0.3) is 0 Å². The molecule has 0 spiro atoms. The average molecular weight is 587 g/mol. The number of likely N-dealkylation sites (tertiary alicyclic amines) is 1. The number of fused-ring (bicyclic) bond motifs is 1. The minimum absolute atomic E-state index is 0. The predicted molar refractivity (Wildman–Crippen MR) is 160 cm³/mol. The zero-order valence-corrected chi connectivity index (χ0v) is 24.4. The first-order valence-electron chi connectivity index (χ1n) is 13.3. The lowest BCUT2D eigenvalue weighted by Crippen LogP contribution is -2.45. The fourth-order valence-electron chi connectivity index (χ4n) is 5.71. The van der Waals surface area contributed by atoms with Gasteiger partial charge in [0.1, 0.15) is 0 Å². The van der Waals surface area contributed by atoms with E-state index in [1.54, 1.807) is 4.90 Å². The SMILES string of the molecule is CN(CC(CCN1CCC(N2Cc3ccccc3C2=O)CC1)c1ccc(Cl)c(Cl)c1)C(=O)c1ccccc1.Cl. The minimum Gasteiger partial charge on any atom is -0.341 e. The predicted octanol–water partition coefficient (Wildman–Crippen LogP) is 6.78. The van der Waals surface area contributed by atoms with Gasteiger partial charge in [0.25, 0.3) is 11.8 Å². The van der Waals surface area contributed by atoms with Gasteiger partial charge in [-0.1, -0.05) is 65.7 Å². The molecule has 5 nitrogen and oxygen atoms in total. The van der Waals surface area contributed by atoms with Crippen molar-refractivity contribution in [3.63, 3.8) is 0 Å². The lowest BCUT2D eigenvalue weighted by atomic mass is 9.94. The zero-order chi connectivity index (χ0) is 26.6. The van der Waals surface area contributed by atoms with Gasteiger partial charge < -0.3 is 14.7 Å². The van der Waals surface area contributed by atoms with E-state index in [0.29, 0.717) is 22.2 Å². The summed E-state index contributed by atoms with van der Waals surface area (Å²) >= 11 is 12.6. The Bertz CT molecular complexity index is 1300. The molecule has 206 valence electrons. The molecule has 39 heavy (non-hydrogen) atoms. The number of benzene rings is 3. The number of nitrogens with zero attached hydrogens (tertiary/aromatic N) is 3. The molecule has 1 unspecified atom stereocenters. The van der Waals surface area contributed by atoms with E-state index in [-0.39, 0.29) is 36.2 Å². The van der Waals surface area contributed by atoms with Crippen molar-refractivity contribution in [2.24, 2.45) is 0 Å². The lowest BCUT2D eigenvalue weighted by Gasteiger charge is -2.37. The third kappa shape index (κ3) is 6.78. The van der Waals surface area contributed by atoms with Gasteiger partial charge >= 0.3 is 0 Å². The Morgan fingerprint density at radius 1 is 0.974 bits per heavy atom. The molecule has 8 heteroatoms. The lowest BCUT2D eigenvalue weighted by molar-refractivity contribution is 0.0591. The van der Waals surface area contributed by atoms with Crippen molar-refractivity contribution in [2.45, 2.75) is 37.8 Å². The number of carbonyl (C=O) groups is 2. The molecule has 0 N–H and O–H groups in total. The molecule has 1 saturated heterocycles. The van der Waals surface area contributed by atoms with Gasteiger partial charge in [0, 0.05) is 56.3 Å². The first kappa shape index (κ1) is 29.4. The number of amides is 2. The van der Waals surface area contributed by atoms with Crippen LogP contribution in [0.15, 0.2) is 72.8 Å². The molecule has 0 aromatic heterocycles. The van der Waals surface area contributed by atoms with Crippen LogP contribution in [-0.4, -0.2) is 65.8 Å². The Kier molecular flexibility index (Phi) is 9.95. The number of piperidine rings is 1. The second kappa shape index (κ2) is 13.2. The summed E-state index contributed by atoms with van der Waals surface area (Å²) in [4.78, 5) is 32.3. The van der Waals surface area contributed by atoms with Gasteiger partial charge in [-0.3, -0.25) is 9.59 Å². The number of hydrogen-bond donors (Lipinski definition) is 0. The Hall–Kier alpha value is -2.57. The van der Waals surface area contributed by atoms with Crippen LogP contribution in [0.5, 0.6) is 0 Å². The van der Waals surface area contributed by atoms with Crippen LogP contribution in [0, 0.1) is 0 Å². The van der Waals surface area contributed by atoms with E-state index in [2.05, 4.69) is 15.9 Å². The third-order valence-electron chi connectivity index (χ3n) is 7.92. The summed E-state index contributed by atoms with van der Waals surface area (Å²) in [5, 5.41) is 1.06. The van der Waals surface area contributed by atoms with Crippen molar-refractivity contribution in [2.75, 3.05) is 33.2 Å². The van der Waals surface area contributed by atoms with Crippen LogP contribution in [0.3, 0.4) is 0 Å². The van der Waals surface area contributed by atoms with Gasteiger partial charge in [-0.2, -0.15) is 0 Å². The zero-order valence-electron chi connectivity index (χ0n) is 22.1. The third-order valence-corrected chi connectivity index (χ3v) is 8.66. The second-order valence-electron chi connectivity index (χ2n) is 10.4. The van der Waals surface area contributed by atoms with E-state index in [4.69, 9.17) is 23.2 Å². The summed E-state index contributed by atoms with van der Waals surface area (Å²) < 4.78 is 0. The smallest absolute Gasteiger partial charge is 0.254 e. The van der Waals surface area contributed by atoms with Crippen molar-refractivity contribution in [3.8, 4) is 0 Å². The van der Waals surface area contributed by atoms with Gasteiger partial charge in [0.05, 0.1) is 10.0 Å². The van der Waals surface area contributed by atoms with Gasteiger partial charge in [-0.05, 0) is 67.3 Å². The van der Waals surface area contributed by atoms with Crippen LogP contribution < -0.4 is 0 Å². The van der Waals surface area contributed by atoms with E-state index < -0.39 is 0 Å². The highest BCUT2D eigenvalue weighted by Crippen LogP contribution is 2.31. The normalized spacial score (nSPS) is 16.5. The number of likely N-dealkylation sites (N-methyl/N-ethyl adjacent to an activating group) is 1. The van der Waals surface area contributed by atoms with Crippen molar-refractivity contribution in [1.82, 2.24) is 14.7 Å². The summed E-state index contributed by atoms with van der Waals surface area (Å²) in [7, 11) is 1.86. The van der Waals surface area contributed by atoms with Crippen molar-refractivity contribution in [1.29, 1.82) is 0 Å². The monoisotopic (exact) mass is 585 g/mol. The van der Waals surface area contributed by atoms with Gasteiger partial charge in [-0.25, -0.2) is 0 Å². The quantitative estimate of drug-likeness (QED) is 0.292. The van der Waals surface area contributed by atoms with Gasteiger partial charge in [-0.15, -0.1) is 12.4 Å². The highest BCUT2D eigenvalue weighted by molar-refractivity contribution is 6.42. The minimum atomic E-state index is 0. The molecule has 2 aliphatic heterocycles. The molecular weight excluding hydrogens is 553 g/mol. The molecule has 2 amide bonds. The Labute approximate surface area is 247 Å². The molecule has 0 saturated carbocycles. The fourth-order valence-corrected chi connectivity index (χ4v) is 6.02. The molecule has 0 bridgehead atoms. The first-order valence-corrected chi connectivity index (χ1v) is 14.0. The maximum absolute atomic E-state index is 13.0. The van der Waals surface area contributed by atoms with Crippen LogP contribution in [0.4, 0.5) is 0 Å². The van der Waals surface area contributed by atoms with Gasteiger partial charge in [0.15, 0.2) is 0 Å². The number of hydrogen-bond acceptors (Lipinski definition) is 3. The van der Waals surface area contributed by atoms with Crippen molar-refractivity contribution in [3.05, 3.63) is 105 Å². The van der Waals surface area contributed by atoms with Gasteiger partial charge in [0.2, 0.25) is 0 Å². The van der Waals surface area contributed by atoms with Crippen LogP contribution in [0.2, 0.25) is 10.0 Å². The standard InChI is InChI=1S/C31H33Cl2N3O2.ClH/c1-34(30(37)22-7-3-2-4-8-22)20-24(23-11-12-28(32)29(33)19-23)13-16-35-17-14-26(15-18-35)36-21-25-9-5-6-10-27(25)31(36)38;/h2-12,19,24,26H,13-18,20-21H2,1H3;1H. The Morgan fingerprint density at radius 2 is 1.67 bits per heavy atom. The highest BCUT2D eigenvalue weighted by atomic mass is 35.5. The maximum atomic E-state index is 13.0. The van der Waals surface area contributed by atoms with Crippen LogP contribution in [0.1, 0.15) is 57.0 Å². The fraction of sp³-hybridized carbons (Fsp3) is 0.355. The Morgan fingerprint density at radius 3 is 2.36 bits per heavy atom. The van der Waals surface area contributed by atoms with E-state index in [1.807, 2.05) is 73.8 Å². The Balaban J connectivity index is 0.00000353. The molecule has 2 heterocycles. The summed E-state index contributed by atoms with van der Waals surface area (Å²) in [6.07, 6.45) is 2.84. The first-order chi connectivity index (χ1) is 18.4. The largest absolute Gasteiger partial charge is 0.341 e. The van der Waals surface area contributed by atoms with E-state index >= 15 is 0 Å². The molecule has 3 aromatic rings. The molecule has 1 fully saturated rings. The molecule has 0 aliphatic carbocycles. The second-order valence-corrected chi connectivity index (χ2v) is 11.2. The van der Waals surface area contributed by atoms with Crippen LogP contribution >= 0.6 is 35.6 Å². The van der Waals surface area contributed by atoms with E-state index in [9.17, 15) is 9.59 Å². The molecule has 3 aromatic carbocycles. The van der Waals surface area contributed by atoms with Crippen molar-refractivity contribution < 1.29 is 9.59 Å². The van der Waals surface area contributed by atoms with E-state index in [0.717, 1.165) is 62.1 Å². The molecule has 5 rings (SSSR count). The summed E-state index contributed by atoms with van der Waals surface area (Å²) in [6.45, 7) is 4.14. The maximum Gasteiger partial charge on any atom is 0.254 e. The summed E-state index contributed by atoms with van der Waals surface area (Å²) in [5.74, 6) is 0.299. The molecule has 2 aliphatic rings. The number of halogens is 3. The average Bonchev–Trinajstić information content (AvgIpc) is 3.29. The van der Waals surface area contributed by atoms with E-state index in [1.165, 1.54) is 0 Å². The topological polar surface area (TPSA) is 43.9 Å². The number of carbonyl (C=O) groups excluding carboxylic acids is 2. The number of rotatable bonds is 8. The molecule has 1 atom stereocenters. The highest BCUT2D eigenvalue weighted by Gasteiger charge is 2.34.